The van der Waals surface area contributed by atoms with Gasteiger partial charge in [-0.25, -0.2) is 9.59 Å². The Kier molecular flexibility index (Phi) is 1.50. The van der Waals surface area contributed by atoms with Crippen LogP contribution in [0.2, 0.25) is 0 Å². The summed E-state index contributed by atoms with van der Waals surface area (Å²) in [6, 6.07) is 0. The van der Waals surface area contributed by atoms with E-state index in [1.807, 2.05) is 0 Å². The minimum Gasteiger partial charge on any atom is -0.344 e. The SMILES string of the molecule is O=C=C1CCC(=C=O)N1. The highest BCUT2D eigenvalue weighted by atomic mass is 16.1. The summed E-state index contributed by atoms with van der Waals surface area (Å²) in [6.07, 6.45) is 1.18. The minimum absolute atomic E-state index is 0.452. The van der Waals surface area contributed by atoms with Crippen LogP contribution in [-0.4, -0.2) is 11.9 Å². The average molecular weight is 123 g/mol. The lowest BCUT2D eigenvalue weighted by Crippen LogP contribution is -2.02. The summed E-state index contributed by atoms with van der Waals surface area (Å²) in [5.74, 6) is 3.37. The van der Waals surface area contributed by atoms with Crippen molar-refractivity contribution >= 4 is 11.9 Å². The van der Waals surface area contributed by atoms with E-state index in [-0.39, 0.29) is 0 Å². The molecule has 1 N–H and O–H groups in total. The standard InChI is InChI=1S/C6H5NO2/c8-3-5-1-2-6(4-9)7-5/h7H,1-2H2. The summed E-state index contributed by atoms with van der Waals surface area (Å²) < 4.78 is 0. The molecular formula is C6H5NO2. The highest BCUT2D eigenvalue weighted by molar-refractivity contribution is 5.60. The minimum atomic E-state index is 0.452. The first-order chi connectivity index (χ1) is 4.36. The third kappa shape index (κ3) is 1.08. The number of nitrogens with one attached hydrogen (secondary N) is 1. The summed E-state index contributed by atoms with van der Waals surface area (Å²) in [5.41, 5.74) is 0.904. The lowest BCUT2D eigenvalue weighted by molar-refractivity contribution is 0.565. The normalized spacial score (nSPS) is 16.4. The van der Waals surface area contributed by atoms with Gasteiger partial charge in [-0.1, -0.05) is 0 Å². The van der Waals surface area contributed by atoms with Crippen LogP contribution in [-0.2, 0) is 9.59 Å². The molecular weight excluding hydrogens is 118 g/mol. The molecule has 0 aromatic carbocycles. The molecule has 0 aromatic heterocycles. The van der Waals surface area contributed by atoms with Crippen molar-refractivity contribution in [3.8, 4) is 0 Å². The van der Waals surface area contributed by atoms with Crippen LogP contribution >= 0.6 is 0 Å². The van der Waals surface area contributed by atoms with Crippen molar-refractivity contribution in [1.82, 2.24) is 5.32 Å². The van der Waals surface area contributed by atoms with Crippen LogP contribution in [0.1, 0.15) is 12.8 Å². The second-order valence-corrected chi connectivity index (χ2v) is 1.79. The van der Waals surface area contributed by atoms with Crippen molar-refractivity contribution in [2.45, 2.75) is 12.8 Å². The zero-order valence-electron chi connectivity index (χ0n) is 4.73. The van der Waals surface area contributed by atoms with E-state index in [2.05, 4.69) is 5.32 Å². The fourth-order valence-corrected chi connectivity index (χ4v) is 0.710. The van der Waals surface area contributed by atoms with Crippen LogP contribution in [0.5, 0.6) is 0 Å². The lowest BCUT2D eigenvalue weighted by atomic mass is 10.3. The molecule has 1 heterocycles. The van der Waals surface area contributed by atoms with Gasteiger partial charge in [0.2, 0.25) is 0 Å². The van der Waals surface area contributed by atoms with E-state index >= 15 is 0 Å². The fraction of sp³-hybridized carbons (Fsp3) is 0.333. The molecule has 0 unspecified atom stereocenters. The molecule has 1 fully saturated rings. The third-order valence-corrected chi connectivity index (χ3v) is 1.17. The van der Waals surface area contributed by atoms with Crippen molar-refractivity contribution in [3.05, 3.63) is 11.4 Å². The fourth-order valence-electron chi connectivity index (χ4n) is 0.710. The van der Waals surface area contributed by atoms with Crippen LogP contribution in [0.3, 0.4) is 0 Å². The van der Waals surface area contributed by atoms with E-state index in [1.54, 1.807) is 11.9 Å². The molecule has 0 amide bonds. The molecule has 0 bridgehead atoms. The van der Waals surface area contributed by atoms with Crippen molar-refractivity contribution < 1.29 is 9.59 Å². The number of hydrogen-bond acceptors (Lipinski definition) is 3. The Bertz CT molecular complexity index is 195. The molecule has 1 aliphatic heterocycles. The van der Waals surface area contributed by atoms with Crippen molar-refractivity contribution in [2.75, 3.05) is 0 Å². The largest absolute Gasteiger partial charge is 0.344 e. The molecule has 1 aliphatic rings. The van der Waals surface area contributed by atoms with E-state index in [0.717, 1.165) is 0 Å². The smallest absolute Gasteiger partial charge is 0.145 e. The molecule has 0 aliphatic carbocycles. The van der Waals surface area contributed by atoms with Crippen LogP contribution in [0.25, 0.3) is 0 Å². The van der Waals surface area contributed by atoms with Gasteiger partial charge >= 0.3 is 0 Å². The molecule has 0 atom stereocenters. The molecule has 9 heavy (non-hydrogen) atoms. The molecule has 3 heteroatoms. The Hall–Kier alpha value is -1.30. The molecule has 1 rings (SSSR count). The van der Waals surface area contributed by atoms with Gasteiger partial charge in [-0.15, -0.1) is 0 Å². The van der Waals surface area contributed by atoms with E-state index in [0.29, 0.717) is 24.2 Å². The highest BCUT2D eigenvalue weighted by Gasteiger charge is 2.11. The second kappa shape index (κ2) is 2.31. The van der Waals surface area contributed by atoms with E-state index in [1.165, 1.54) is 0 Å². The van der Waals surface area contributed by atoms with Crippen LogP contribution in [0, 0.1) is 0 Å². The Morgan fingerprint density at radius 2 is 1.56 bits per heavy atom. The summed E-state index contributed by atoms with van der Waals surface area (Å²) in [5, 5.41) is 2.58. The Morgan fingerprint density at radius 1 is 1.11 bits per heavy atom. The van der Waals surface area contributed by atoms with Gasteiger partial charge < -0.3 is 5.32 Å². The van der Waals surface area contributed by atoms with Gasteiger partial charge in [-0.05, 0) is 0 Å². The van der Waals surface area contributed by atoms with Crippen LogP contribution in [0.4, 0.5) is 0 Å². The third-order valence-electron chi connectivity index (χ3n) is 1.17. The first-order valence-corrected chi connectivity index (χ1v) is 2.62. The zero-order chi connectivity index (χ0) is 6.69. The topological polar surface area (TPSA) is 46.2 Å². The van der Waals surface area contributed by atoms with Crippen LogP contribution < -0.4 is 5.32 Å². The lowest BCUT2D eigenvalue weighted by Gasteiger charge is -1.86. The molecule has 0 saturated carbocycles. The summed E-state index contributed by atoms with van der Waals surface area (Å²) in [4.78, 5) is 19.8. The van der Waals surface area contributed by atoms with E-state index in [4.69, 9.17) is 0 Å². The molecule has 0 radical (unpaired) electrons. The Labute approximate surface area is 52.1 Å². The zero-order valence-corrected chi connectivity index (χ0v) is 4.73. The van der Waals surface area contributed by atoms with Crippen molar-refractivity contribution in [3.63, 3.8) is 0 Å². The average Bonchev–Trinajstić information content (AvgIpc) is 2.34. The van der Waals surface area contributed by atoms with Gasteiger partial charge in [0, 0.05) is 12.8 Å². The molecule has 0 aromatic rings. The quantitative estimate of drug-likeness (QED) is 0.454. The Morgan fingerprint density at radius 3 is 1.78 bits per heavy atom. The molecule has 0 spiro atoms. The summed E-state index contributed by atoms with van der Waals surface area (Å²) in [7, 11) is 0. The molecule has 46 valence electrons. The van der Waals surface area contributed by atoms with E-state index in [9.17, 15) is 9.59 Å². The molecule has 3 nitrogen and oxygen atoms in total. The van der Waals surface area contributed by atoms with Gasteiger partial charge in [0.25, 0.3) is 0 Å². The van der Waals surface area contributed by atoms with Gasteiger partial charge in [0.05, 0.1) is 0 Å². The number of allylic oxidation sites excluding steroid dienone is 2. The number of carbonyl (C=O) groups excluding carboxylic acids is 2. The summed E-state index contributed by atoms with van der Waals surface area (Å²) >= 11 is 0. The maximum absolute atomic E-state index is 9.90. The second-order valence-electron chi connectivity index (χ2n) is 1.79. The summed E-state index contributed by atoms with van der Waals surface area (Å²) in [6.45, 7) is 0. The van der Waals surface area contributed by atoms with Gasteiger partial charge in [0.1, 0.15) is 23.3 Å². The predicted molar refractivity (Wildman–Crippen MR) is 30.8 cm³/mol. The number of rotatable bonds is 0. The van der Waals surface area contributed by atoms with E-state index < -0.39 is 0 Å². The predicted octanol–water partition coefficient (Wildman–Crippen LogP) is -0.199. The van der Waals surface area contributed by atoms with Gasteiger partial charge in [-0.2, -0.15) is 0 Å². The van der Waals surface area contributed by atoms with Crippen LogP contribution in [0.15, 0.2) is 11.4 Å². The highest BCUT2D eigenvalue weighted by Crippen LogP contribution is 2.12. The first kappa shape index (κ1) is 5.83. The first-order valence-electron chi connectivity index (χ1n) is 2.62. The monoisotopic (exact) mass is 123 g/mol. The van der Waals surface area contributed by atoms with Crippen molar-refractivity contribution in [1.29, 1.82) is 0 Å². The molecule has 1 saturated heterocycles. The maximum atomic E-state index is 9.90. The van der Waals surface area contributed by atoms with Gasteiger partial charge in [-0.3, -0.25) is 0 Å². The maximum Gasteiger partial charge on any atom is 0.145 e. The van der Waals surface area contributed by atoms with Gasteiger partial charge in [0.15, 0.2) is 0 Å². The number of hydrogen-bond donors (Lipinski definition) is 1. The Balaban J connectivity index is 2.80. The van der Waals surface area contributed by atoms with Crippen molar-refractivity contribution in [2.24, 2.45) is 0 Å².